The molecule has 2 unspecified atom stereocenters. The number of anilines is 1. The van der Waals surface area contributed by atoms with Crippen molar-refractivity contribution in [2.75, 3.05) is 11.9 Å². The Labute approximate surface area is 117 Å². The molecule has 0 spiro atoms. The van der Waals surface area contributed by atoms with Crippen molar-refractivity contribution in [3.63, 3.8) is 0 Å². The van der Waals surface area contributed by atoms with Crippen molar-refractivity contribution in [3.8, 4) is 11.3 Å². The zero-order chi connectivity index (χ0) is 13.9. The first kappa shape index (κ1) is 12.9. The Morgan fingerprint density at radius 2 is 2.15 bits per heavy atom. The zero-order valence-corrected chi connectivity index (χ0v) is 11.3. The van der Waals surface area contributed by atoms with Gasteiger partial charge in [0, 0.05) is 11.9 Å². The first-order valence-corrected chi connectivity index (χ1v) is 6.74. The molecule has 2 N–H and O–H groups in total. The summed E-state index contributed by atoms with van der Waals surface area (Å²) in [5, 5.41) is 9.76. The maximum atomic E-state index is 12.1. The maximum Gasteiger partial charge on any atom is 0.229 e. The van der Waals surface area contributed by atoms with Crippen LogP contribution in [0.1, 0.15) is 13.3 Å². The summed E-state index contributed by atoms with van der Waals surface area (Å²) in [6.07, 6.45) is 2.68. The molecule has 1 aromatic heterocycles. The fourth-order valence-corrected chi connectivity index (χ4v) is 2.39. The summed E-state index contributed by atoms with van der Waals surface area (Å²) in [6.45, 7) is 2.51. The number of benzene rings is 1. The van der Waals surface area contributed by atoms with Gasteiger partial charge in [-0.2, -0.15) is 5.10 Å². The van der Waals surface area contributed by atoms with Crippen LogP contribution in [0.25, 0.3) is 11.3 Å². The Balaban J connectivity index is 1.65. The number of nitrogens with one attached hydrogen (secondary N) is 2. The second-order valence-electron chi connectivity index (χ2n) is 5.11. The number of hydrogen-bond donors (Lipinski definition) is 2. The highest BCUT2D eigenvalue weighted by molar-refractivity contribution is 5.93. The van der Waals surface area contributed by atoms with Crippen LogP contribution >= 0.6 is 0 Å². The molecule has 0 aliphatic carbocycles. The van der Waals surface area contributed by atoms with Gasteiger partial charge in [-0.25, -0.2) is 0 Å². The summed E-state index contributed by atoms with van der Waals surface area (Å²) in [4.78, 5) is 12.1. The van der Waals surface area contributed by atoms with Crippen LogP contribution in [0.4, 0.5) is 5.69 Å². The third-order valence-corrected chi connectivity index (χ3v) is 3.53. The van der Waals surface area contributed by atoms with Crippen molar-refractivity contribution < 1.29 is 9.53 Å². The van der Waals surface area contributed by atoms with Crippen molar-refractivity contribution in [3.05, 3.63) is 36.5 Å². The standard InChI is InChI=1S/C15H17N3O2/c1-10-8-12(9-20-10)15(19)17-13-4-2-11(3-5-13)14-6-7-16-18-14/h2-7,10,12H,8-9H2,1H3,(H,16,18)(H,17,19). The second kappa shape index (κ2) is 5.46. The van der Waals surface area contributed by atoms with Gasteiger partial charge in [0.05, 0.1) is 24.3 Å². The van der Waals surface area contributed by atoms with Crippen molar-refractivity contribution in [2.45, 2.75) is 19.4 Å². The van der Waals surface area contributed by atoms with E-state index in [1.165, 1.54) is 0 Å². The number of aromatic amines is 1. The fraction of sp³-hybridized carbons (Fsp3) is 0.333. The largest absolute Gasteiger partial charge is 0.378 e. The number of amides is 1. The summed E-state index contributed by atoms with van der Waals surface area (Å²) in [7, 11) is 0. The molecule has 3 rings (SSSR count). The summed E-state index contributed by atoms with van der Waals surface area (Å²) in [5.74, 6) is -0.0130. The Kier molecular flexibility index (Phi) is 3.52. The molecule has 2 aromatic rings. The average molecular weight is 271 g/mol. The lowest BCUT2D eigenvalue weighted by Crippen LogP contribution is -2.22. The van der Waals surface area contributed by atoms with Gasteiger partial charge < -0.3 is 10.1 Å². The van der Waals surface area contributed by atoms with Crippen LogP contribution < -0.4 is 5.32 Å². The third kappa shape index (κ3) is 2.72. The highest BCUT2D eigenvalue weighted by Gasteiger charge is 2.28. The molecule has 2 atom stereocenters. The monoisotopic (exact) mass is 271 g/mol. The molecule has 20 heavy (non-hydrogen) atoms. The molecular weight excluding hydrogens is 254 g/mol. The van der Waals surface area contributed by atoms with E-state index >= 15 is 0 Å². The Hall–Kier alpha value is -2.14. The minimum atomic E-state index is -0.0442. The van der Waals surface area contributed by atoms with Gasteiger partial charge in [0.15, 0.2) is 0 Å². The number of aromatic nitrogens is 2. The molecule has 0 radical (unpaired) electrons. The fourth-order valence-electron chi connectivity index (χ4n) is 2.39. The quantitative estimate of drug-likeness (QED) is 0.901. The van der Waals surface area contributed by atoms with Gasteiger partial charge in [0.2, 0.25) is 5.91 Å². The van der Waals surface area contributed by atoms with Gasteiger partial charge in [-0.05, 0) is 37.1 Å². The third-order valence-electron chi connectivity index (χ3n) is 3.53. The van der Waals surface area contributed by atoms with Crippen molar-refractivity contribution in [1.29, 1.82) is 0 Å². The zero-order valence-electron chi connectivity index (χ0n) is 11.3. The average Bonchev–Trinajstić information content (AvgIpc) is 3.10. The molecule has 1 aromatic carbocycles. The second-order valence-corrected chi connectivity index (χ2v) is 5.11. The van der Waals surface area contributed by atoms with Crippen LogP contribution in [0.5, 0.6) is 0 Å². The number of nitrogens with zero attached hydrogens (tertiary/aromatic N) is 1. The molecule has 5 nitrogen and oxygen atoms in total. The van der Waals surface area contributed by atoms with Crippen LogP contribution in [0.2, 0.25) is 0 Å². The molecule has 1 aliphatic rings. The number of ether oxygens (including phenoxy) is 1. The molecule has 1 fully saturated rings. The highest BCUT2D eigenvalue weighted by atomic mass is 16.5. The predicted molar refractivity (Wildman–Crippen MR) is 76.2 cm³/mol. The molecule has 0 bridgehead atoms. The summed E-state index contributed by atoms with van der Waals surface area (Å²) < 4.78 is 5.42. The van der Waals surface area contributed by atoms with E-state index in [0.717, 1.165) is 23.4 Å². The highest BCUT2D eigenvalue weighted by Crippen LogP contribution is 2.22. The summed E-state index contributed by atoms with van der Waals surface area (Å²) in [6, 6.07) is 9.61. The van der Waals surface area contributed by atoms with Crippen molar-refractivity contribution >= 4 is 11.6 Å². The summed E-state index contributed by atoms with van der Waals surface area (Å²) in [5.41, 5.74) is 2.80. The molecule has 1 aliphatic heterocycles. The van der Waals surface area contributed by atoms with Crippen molar-refractivity contribution in [1.82, 2.24) is 10.2 Å². The number of rotatable bonds is 3. The smallest absolute Gasteiger partial charge is 0.229 e. The van der Waals surface area contributed by atoms with E-state index < -0.39 is 0 Å². The minimum absolute atomic E-state index is 0.0311. The van der Waals surface area contributed by atoms with Gasteiger partial charge >= 0.3 is 0 Å². The molecule has 104 valence electrons. The van der Waals surface area contributed by atoms with Crippen LogP contribution in [0.3, 0.4) is 0 Å². The number of carbonyl (C=O) groups is 1. The number of hydrogen-bond acceptors (Lipinski definition) is 3. The van der Waals surface area contributed by atoms with E-state index in [-0.39, 0.29) is 17.9 Å². The predicted octanol–water partition coefficient (Wildman–Crippen LogP) is 2.44. The van der Waals surface area contributed by atoms with Crippen LogP contribution in [-0.4, -0.2) is 28.8 Å². The lowest BCUT2D eigenvalue weighted by atomic mass is 10.1. The molecule has 2 heterocycles. The normalized spacial score (nSPS) is 21.9. The molecular formula is C15H17N3O2. The van der Waals surface area contributed by atoms with Gasteiger partial charge in [-0.15, -0.1) is 0 Å². The summed E-state index contributed by atoms with van der Waals surface area (Å²) >= 11 is 0. The number of carbonyl (C=O) groups excluding carboxylic acids is 1. The first-order chi connectivity index (χ1) is 9.72. The van der Waals surface area contributed by atoms with Crippen LogP contribution in [0.15, 0.2) is 36.5 Å². The van der Waals surface area contributed by atoms with Crippen LogP contribution in [-0.2, 0) is 9.53 Å². The minimum Gasteiger partial charge on any atom is -0.378 e. The van der Waals surface area contributed by atoms with Gasteiger partial charge in [0.1, 0.15) is 0 Å². The van der Waals surface area contributed by atoms with Crippen molar-refractivity contribution in [2.24, 2.45) is 5.92 Å². The molecule has 1 amide bonds. The lowest BCUT2D eigenvalue weighted by Gasteiger charge is -2.09. The molecule has 5 heteroatoms. The Morgan fingerprint density at radius 1 is 1.35 bits per heavy atom. The van der Waals surface area contributed by atoms with E-state index in [9.17, 15) is 4.79 Å². The maximum absolute atomic E-state index is 12.1. The topological polar surface area (TPSA) is 67.0 Å². The van der Waals surface area contributed by atoms with E-state index in [1.807, 2.05) is 37.3 Å². The SMILES string of the molecule is CC1CC(C(=O)Nc2ccc(-c3ccn[nH]3)cc2)CO1. The van der Waals surface area contributed by atoms with E-state index in [1.54, 1.807) is 6.20 Å². The van der Waals surface area contributed by atoms with Crippen LogP contribution in [0, 0.1) is 5.92 Å². The Morgan fingerprint density at radius 3 is 2.75 bits per heavy atom. The van der Waals surface area contributed by atoms with Gasteiger partial charge in [0.25, 0.3) is 0 Å². The first-order valence-electron chi connectivity index (χ1n) is 6.74. The van der Waals surface area contributed by atoms with Gasteiger partial charge in [-0.3, -0.25) is 9.89 Å². The van der Waals surface area contributed by atoms with E-state index in [0.29, 0.717) is 6.61 Å². The van der Waals surface area contributed by atoms with Gasteiger partial charge in [-0.1, -0.05) is 12.1 Å². The molecule has 0 saturated carbocycles. The number of H-pyrrole nitrogens is 1. The van der Waals surface area contributed by atoms with E-state index in [4.69, 9.17) is 4.74 Å². The Bertz CT molecular complexity index is 578. The molecule has 1 saturated heterocycles. The lowest BCUT2D eigenvalue weighted by molar-refractivity contribution is -0.119. The van der Waals surface area contributed by atoms with E-state index in [2.05, 4.69) is 15.5 Å².